The van der Waals surface area contributed by atoms with Gasteiger partial charge in [0.1, 0.15) is 5.25 Å². The number of rotatable bonds is 2. The van der Waals surface area contributed by atoms with Crippen LogP contribution < -0.4 is 4.90 Å². The molecule has 1 atom stereocenters. The second-order valence-corrected chi connectivity index (χ2v) is 6.50. The fourth-order valence-corrected chi connectivity index (χ4v) is 3.01. The molecule has 0 saturated carbocycles. The molecule has 19 heavy (non-hydrogen) atoms. The highest BCUT2D eigenvalue weighted by molar-refractivity contribution is 9.10. The molecule has 1 aliphatic rings. The van der Waals surface area contributed by atoms with E-state index in [-0.39, 0.29) is 10.2 Å². The lowest BCUT2D eigenvalue weighted by Crippen LogP contribution is -2.27. The van der Waals surface area contributed by atoms with Crippen molar-refractivity contribution in [2.24, 2.45) is 0 Å². The molecule has 1 saturated heterocycles. The molecule has 1 aromatic carbocycles. The van der Waals surface area contributed by atoms with Crippen molar-refractivity contribution in [3.8, 4) is 0 Å². The van der Waals surface area contributed by atoms with E-state index in [0.717, 1.165) is 17.0 Å². The van der Waals surface area contributed by atoms with Crippen LogP contribution in [0, 0.1) is 11.6 Å². The average molecular weight is 358 g/mol. The van der Waals surface area contributed by atoms with Gasteiger partial charge in [-0.1, -0.05) is 0 Å². The van der Waals surface area contributed by atoms with E-state index in [1.807, 2.05) is 0 Å². The second kappa shape index (κ2) is 4.78. The van der Waals surface area contributed by atoms with Gasteiger partial charge < -0.3 is 4.90 Å². The number of hydrogen-bond donors (Lipinski definition) is 0. The average Bonchev–Trinajstić information content (AvgIpc) is 2.65. The molecular weight excluding hydrogens is 351 g/mol. The van der Waals surface area contributed by atoms with Gasteiger partial charge in [-0.3, -0.25) is 4.79 Å². The van der Waals surface area contributed by atoms with Crippen LogP contribution in [0.4, 0.5) is 18.4 Å². The van der Waals surface area contributed by atoms with Gasteiger partial charge in [-0.15, -0.1) is 3.89 Å². The molecule has 4 nitrogen and oxygen atoms in total. The normalized spacial score (nSPS) is 20.1. The Labute approximate surface area is 115 Å². The Morgan fingerprint density at radius 3 is 2.37 bits per heavy atom. The Bertz CT molecular complexity index is 650. The Balaban J connectivity index is 2.39. The van der Waals surface area contributed by atoms with E-state index in [0.29, 0.717) is 0 Å². The second-order valence-electron chi connectivity index (χ2n) is 4.02. The maximum absolute atomic E-state index is 13.1. The Morgan fingerprint density at radius 2 is 1.84 bits per heavy atom. The number of anilines is 1. The van der Waals surface area contributed by atoms with Crippen molar-refractivity contribution < 1.29 is 25.9 Å². The molecule has 1 fully saturated rings. The summed E-state index contributed by atoms with van der Waals surface area (Å²) in [7, 11) is -4.85. The largest absolute Gasteiger partial charge is 0.310 e. The zero-order valence-corrected chi connectivity index (χ0v) is 11.6. The van der Waals surface area contributed by atoms with Crippen molar-refractivity contribution >= 4 is 37.7 Å². The molecule has 1 heterocycles. The van der Waals surface area contributed by atoms with Crippen LogP contribution >= 0.6 is 15.9 Å². The smallest absolute Gasteiger partial charge is 0.307 e. The van der Waals surface area contributed by atoms with Crippen LogP contribution in [0.15, 0.2) is 16.6 Å². The van der Waals surface area contributed by atoms with Crippen LogP contribution in [0.3, 0.4) is 0 Å². The van der Waals surface area contributed by atoms with Gasteiger partial charge in [0, 0.05) is 23.5 Å². The first-order valence-electron chi connectivity index (χ1n) is 5.08. The lowest BCUT2D eigenvalue weighted by Gasteiger charge is -2.18. The molecule has 0 N–H and O–H groups in total. The van der Waals surface area contributed by atoms with Crippen LogP contribution in [-0.2, 0) is 15.0 Å². The zero-order chi connectivity index (χ0) is 14.4. The Kier molecular flexibility index (Phi) is 3.61. The maximum Gasteiger partial charge on any atom is 0.307 e. The fourth-order valence-electron chi connectivity index (χ4n) is 1.82. The summed E-state index contributed by atoms with van der Waals surface area (Å²) in [5.41, 5.74) is -0.0324. The van der Waals surface area contributed by atoms with Crippen LogP contribution in [0.2, 0.25) is 0 Å². The fraction of sp³-hybridized carbons (Fsp3) is 0.300. The summed E-state index contributed by atoms with van der Waals surface area (Å²) in [6.07, 6.45) is -0.524. The number of hydrogen-bond acceptors (Lipinski definition) is 3. The molecule has 0 aliphatic carbocycles. The molecule has 0 bridgehead atoms. The van der Waals surface area contributed by atoms with Gasteiger partial charge in [-0.2, -0.15) is 8.42 Å². The van der Waals surface area contributed by atoms with Gasteiger partial charge in [-0.05, 0) is 22.0 Å². The molecule has 2 rings (SSSR count). The minimum Gasteiger partial charge on any atom is -0.310 e. The van der Waals surface area contributed by atoms with Crippen molar-refractivity contribution in [2.45, 2.75) is 11.7 Å². The Hall–Kier alpha value is -1.09. The first-order valence-corrected chi connectivity index (χ1v) is 7.32. The van der Waals surface area contributed by atoms with Crippen molar-refractivity contribution in [3.63, 3.8) is 0 Å². The van der Waals surface area contributed by atoms with Crippen LogP contribution in [0.25, 0.3) is 0 Å². The van der Waals surface area contributed by atoms with Crippen LogP contribution in [0.5, 0.6) is 0 Å². The standard InChI is InChI=1S/C10H7BrF3NO3S/c11-6-2-7(12)8(13)3-9(6)15-4-5(1-10(15)16)19(14,17)18/h2-3,5H,1,4H2. The van der Waals surface area contributed by atoms with Crippen molar-refractivity contribution in [3.05, 3.63) is 28.2 Å². The van der Waals surface area contributed by atoms with Gasteiger partial charge in [0.15, 0.2) is 11.6 Å². The Morgan fingerprint density at radius 1 is 1.26 bits per heavy atom. The first kappa shape index (κ1) is 14.3. The highest BCUT2D eigenvalue weighted by Crippen LogP contribution is 2.33. The third kappa shape index (κ3) is 2.76. The quantitative estimate of drug-likeness (QED) is 0.601. The van der Waals surface area contributed by atoms with E-state index in [1.165, 1.54) is 0 Å². The monoisotopic (exact) mass is 357 g/mol. The minimum absolute atomic E-state index is 0.0324. The third-order valence-corrected chi connectivity index (χ3v) is 4.52. The van der Waals surface area contributed by atoms with Crippen molar-refractivity contribution in [1.82, 2.24) is 0 Å². The molecular formula is C10H7BrF3NO3S. The summed E-state index contributed by atoms with van der Waals surface area (Å²) in [4.78, 5) is 12.5. The van der Waals surface area contributed by atoms with Crippen LogP contribution in [-0.4, -0.2) is 26.1 Å². The minimum atomic E-state index is -4.85. The number of amides is 1. The highest BCUT2D eigenvalue weighted by Gasteiger charge is 2.39. The van der Waals surface area contributed by atoms with E-state index in [2.05, 4.69) is 15.9 Å². The molecule has 1 aliphatic heterocycles. The van der Waals surface area contributed by atoms with Crippen LogP contribution in [0.1, 0.15) is 6.42 Å². The summed E-state index contributed by atoms with van der Waals surface area (Å²) >= 11 is 2.95. The van der Waals surface area contributed by atoms with E-state index >= 15 is 0 Å². The lowest BCUT2D eigenvalue weighted by molar-refractivity contribution is -0.117. The van der Waals surface area contributed by atoms with Gasteiger partial charge in [0.25, 0.3) is 0 Å². The SMILES string of the molecule is O=C1CC(S(=O)(=O)F)CN1c1cc(F)c(F)cc1Br. The van der Waals surface area contributed by atoms with Gasteiger partial charge >= 0.3 is 10.2 Å². The molecule has 1 amide bonds. The molecule has 0 aromatic heterocycles. The number of carbonyl (C=O) groups excluding carboxylic acids is 1. The summed E-state index contributed by atoms with van der Waals surface area (Å²) in [6, 6.07) is 1.57. The topological polar surface area (TPSA) is 54.5 Å². The first-order chi connectivity index (χ1) is 8.70. The highest BCUT2D eigenvalue weighted by atomic mass is 79.9. The molecule has 9 heteroatoms. The summed E-state index contributed by atoms with van der Waals surface area (Å²) in [5, 5.41) is -1.49. The zero-order valence-electron chi connectivity index (χ0n) is 9.24. The van der Waals surface area contributed by atoms with Gasteiger partial charge in [0.2, 0.25) is 5.91 Å². The summed E-state index contributed by atoms with van der Waals surface area (Å²) in [5.74, 6) is -2.97. The van der Waals surface area contributed by atoms with Gasteiger partial charge in [0.05, 0.1) is 5.69 Å². The molecule has 1 aromatic rings. The predicted octanol–water partition coefficient (Wildman–Crippen LogP) is 2.13. The van der Waals surface area contributed by atoms with Crippen molar-refractivity contribution in [1.29, 1.82) is 0 Å². The van der Waals surface area contributed by atoms with E-state index in [1.54, 1.807) is 0 Å². The van der Waals surface area contributed by atoms with E-state index in [4.69, 9.17) is 0 Å². The number of halogens is 4. The molecule has 0 radical (unpaired) electrons. The van der Waals surface area contributed by atoms with E-state index in [9.17, 15) is 25.9 Å². The summed E-state index contributed by atoms with van der Waals surface area (Å²) < 4.78 is 60.6. The molecule has 104 valence electrons. The molecule has 0 spiro atoms. The predicted molar refractivity (Wildman–Crippen MR) is 64.8 cm³/mol. The summed E-state index contributed by atoms with van der Waals surface area (Å²) in [6.45, 7) is -0.429. The number of nitrogens with zero attached hydrogens (tertiary/aromatic N) is 1. The number of carbonyl (C=O) groups is 1. The van der Waals surface area contributed by atoms with E-state index < -0.39 is 46.0 Å². The third-order valence-electron chi connectivity index (χ3n) is 2.77. The van der Waals surface area contributed by atoms with Gasteiger partial charge in [-0.25, -0.2) is 8.78 Å². The van der Waals surface area contributed by atoms with Crippen molar-refractivity contribution in [2.75, 3.05) is 11.4 Å². The molecule has 1 unspecified atom stereocenters. The maximum atomic E-state index is 13.1. The lowest BCUT2D eigenvalue weighted by atomic mass is 10.3. The number of benzene rings is 1.